The van der Waals surface area contributed by atoms with E-state index in [-0.39, 0.29) is 48.2 Å². The number of anilines is 2. The molecule has 27 nitrogen and oxygen atoms in total. The smallest absolute Gasteiger partial charge is 0.319 e. The van der Waals surface area contributed by atoms with Crippen molar-refractivity contribution in [3.05, 3.63) is 75.8 Å². The molecule has 0 heterocycles. The minimum absolute atomic E-state index is 0.0421. The van der Waals surface area contributed by atoms with E-state index >= 15 is 0 Å². The number of benzene rings is 2. The van der Waals surface area contributed by atoms with Gasteiger partial charge in [0.15, 0.2) is 0 Å². The Hall–Kier alpha value is -4.49. The number of nitrogens with one attached hydrogen (secondary N) is 2. The lowest BCUT2D eigenvalue weighted by atomic mass is 10.1. The van der Waals surface area contributed by atoms with E-state index in [1.54, 1.807) is 0 Å². The fourth-order valence-electron chi connectivity index (χ4n) is 5.01. The normalized spacial score (nSPS) is 11.6. The van der Waals surface area contributed by atoms with Crippen molar-refractivity contribution in [2.75, 3.05) is 98.7 Å². The van der Waals surface area contributed by atoms with Crippen LogP contribution in [-0.4, -0.2) is 137 Å². The van der Waals surface area contributed by atoms with E-state index in [0.717, 1.165) is 24.6 Å². The average molecular weight is 1040 g/mol. The predicted octanol–water partition coefficient (Wildman–Crippen LogP) is 2.26. The molecule has 0 radical (unpaired) electrons. The van der Waals surface area contributed by atoms with Gasteiger partial charge in [0.2, 0.25) is 0 Å². The molecule has 0 aliphatic carbocycles. The first-order valence-electron chi connectivity index (χ1n) is 16.6. The maximum Gasteiger partial charge on any atom is 0.319 e. The van der Waals surface area contributed by atoms with Gasteiger partial charge in [-0.1, -0.05) is 31.9 Å². The van der Waals surface area contributed by atoms with Crippen LogP contribution in [0.1, 0.15) is 20.7 Å². The number of carbonyl (C=O) groups excluding carboxylic acids is 2. The predicted molar refractivity (Wildman–Crippen MR) is 219 cm³/mol. The van der Waals surface area contributed by atoms with Crippen LogP contribution in [0.15, 0.2) is 24.3 Å². The van der Waals surface area contributed by atoms with Crippen LogP contribution in [-0.2, 0) is 42.2 Å². The molecule has 0 fully saturated rings. The largest absolute Gasteiger partial charge is 0.362 e. The molecule has 2 rings (SSSR count). The van der Waals surface area contributed by atoms with Gasteiger partial charge in [-0.25, -0.2) is 0 Å². The Morgan fingerprint density at radius 1 is 0.633 bits per heavy atom. The summed E-state index contributed by atoms with van der Waals surface area (Å²) in [6, 6.07) is 2.82. The highest BCUT2D eigenvalue weighted by atomic mass is 79.9. The molecule has 0 aromatic heterocycles. The molecule has 0 aliphatic rings. The third-order valence-electron chi connectivity index (χ3n) is 7.33. The van der Waals surface area contributed by atoms with Gasteiger partial charge in [0.25, 0.3) is 54.8 Å². The maximum absolute atomic E-state index is 13.3. The summed E-state index contributed by atoms with van der Waals surface area (Å²) in [4.78, 5) is 72.3. The number of carbonyl (C=O) groups is 2. The lowest BCUT2D eigenvalue weighted by Crippen LogP contribution is -2.34. The highest BCUT2D eigenvalue weighted by Crippen LogP contribution is 2.38. The van der Waals surface area contributed by atoms with Crippen LogP contribution in [0.2, 0.25) is 0 Å². The SMILES string of the molecule is CS(=O)(=O)OCCN(CCBr)c1c(C(=O)NCCO[PH](=O)OCCNC(=O)c2cc([N+](=O)[O-])cc([N+](=O)[O-])c2N(CCBr)CCOS(C)(=O)=O)cc([N+](=O)[O-])cc1[N+](=O)[O-]. The topological polar surface area (TPSA) is 360 Å². The summed E-state index contributed by atoms with van der Waals surface area (Å²) in [6.07, 6.45) is 1.55. The van der Waals surface area contributed by atoms with Crippen molar-refractivity contribution in [2.45, 2.75) is 0 Å². The lowest BCUT2D eigenvalue weighted by molar-refractivity contribution is -0.394. The van der Waals surface area contributed by atoms with Crippen molar-refractivity contribution < 1.29 is 68.1 Å². The number of hydrogen-bond donors (Lipinski definition) is 2. The van der Waals surface area contributed by atoms with Crippen molar-refractivity contribution in [3.8, 4) is 0 Å². The van der Waals surface area contributed by atoms with Crippen LogP contribution in [0.5, 0.6) is 0 Å². The molecule has 0 unspecified atom stereocenters. The Bertz CT molecular complexity index is 2040. The van der Waals surface area contributed by atoms with Crippen LogP contribution in [0, 0.1) is 40.5 Å². The number of alkyl halides is 2. The van der Waals surface area contributed by atoms with Gasteiger partial charge in [-0.3, -0.25) is 63.0 Å². The molecule has 0 bridgehead atoms. The van der Waals surface area contributed by atoms with Crippen LogP contribution in [0.3, 0.4) is 0 Å². The Balaban J connectivity index is 2.16. The van der Waals surface area contributed by atoms with E-state index in [9.17, 15) is 71.4 Å². The molecule has 0 saturated carbocycles. The Morgan fingerprint density at radius 2 is 0.983 bits per heavy atom. The zero-order valence-electron chi connectivity index (χ0n) is 31.3. The van der Waals surface area contributed by atoms with Gasteiger partial charge in [-0.05, 0) is 0 Å². The average Bonchev–Trinajstić information content (AvgIpc) is 3.15. The third-order valence-corrected chi connectivity index (χ3v) is 10.1. The molecule has 2 amide bonds. The summed E-state index contributed by atoms with van der Waals surface area (Å²) in [7, 11) is -11.2. The van der Waals surface area contributed by atoms with Gasteiger partial charge >= 0.3 is 8.25 Å². The number of hydrogen-bond acceptors (Lipinski definition) is 21. The number of halogens is 2. The second-order valence-corrected chi connectivity index (χ2v) is 17.6. The molecular weight excluding hydrogens is 1010 g/mol. The van der Waals surface area contributed by atoms with Gasteiger partial charge in [0.1, 0.15) is 11.4 Å². The van der Waals surface area contributed by atoms with Gasteiger partial charge in [0.05, 0.1) is 81.9 Å². The third kappa shape index (κ3) is 16.9. The van der Waals surface area contributed by atoms with Gasteiger partial charge in [-0.2, -0.15) is 16.8 Å². The van der Waals surface area contributed by atoms with Crippen LogP contribution in [0.4, 0.5) is 34.1 Å². The summed E-state index contributed by atoms with van der Waals surface area (Å²) >= 11 is 6.32. The van der Waals surface area contributed by atoms with E-state index in [4.69, 9.17) is 17.4 Å². The molecule has 0 spiro atoms. The number of nitro benzene ring substituents is 4. The quantitative estimate of drug-likeness (QED) is 0.0308. The fraction of sp³-hybridized carbons (Fsp3) is 0.500. The first-order chi connectivity index (χ1) is 28.0. The van der Waals surface area contributed by atoms with E-state index < -0.39 is 133 Å². The Labute approximate surface area is 358 Å². The number of nitrogens with zero attached hydrogens (tertiary/aromatic N) is 6. The first kappa shape index (κ1) is 51.7. The van der Waals surface area contributed by atoms with Gasteiger partial charge < -0.3 is 29.5 Å². The molecular formula is C28H37Br2N8O19PS2. The molecule has 2 aromatic rings. The minimum atomic E-state index is -3.92. The molecule has 2 aromatic carbocycles. The molecule has 0 aliphatic heterocycles. The van der Waals surface area contributed by atoms with Crippen LogP contribution in [0.25, 0.3) is 0 Å². The van der Waals surface area contributed by atoms with E-state index in [1.807, 2.05) is 0 Å². The molecule has 2 N–H and O–H groups in total. The zero-order chi connectivity index (χ0) is 45.4. The number of nitro groups is 4. The molecule has 0 saturated heterocycles. The van der Waals surface area contributed by atoms with Crippen molar-refractivity contribution in [1.29, 1.82) is 0 Å². The molecule has 334 valence electrons. The van der Waals surface area contributed by atoms with Crippen molar-refractivity contribution in [2.24, 2.45) is 0 Å². The maximum atomic E-state index is 13.3. The van der Waals surface area contributed by atoms with Crippen molar-refractivity contribution in [1.82, 2.24) is 10.6 Å². The Morgan fingerprint density at radius 3 is 1.27 bits per heavy atom. The van der Waals surface area contributed by atoms with Crippen molar-refractivity contribution in [3.63, 3.8) is 0 Å². The molecule has 60 heavy (non-hydrogen) atoms. The summed E-state index contributed by atoms with van der Waals surface area (Å²) in [5.74, 6) is -2.13. The van der Waals surface area contributed by atoms with Crippen LogP contribution < -0.4 is 20.4 Å². The number of amides is 2. The summed E-state index contributed by atoms with van der Waals surface area (Å²) in [5, 5.41) is 52.1. The number of rotatable bonds is 28. The number of non-ortho nitro benzene ring substituents is 2. The standard InChI is InChI=1S/C28H37Br2N8O19PS2/c1-59(50,51)56-13-9-33(7-3-29)25-21(15-19(35(41)42)17-23(25)37(45)46)27(39)31-5-11-54-58(49)55-12-6-32-28(40)22-16-20(36(43)44)18-24(38(47)48)26(22)34(8-4-30)10-14-57-60(2,52)53/h15-18,58H,3-14H2,1-2H3,(H,31,39)(H,32,40). The van der Waals surface area contributed by atoms with E-state index in [1.165, 1.54) is 9.80 Å². The Kier molecular flexibility index (Phi) is 20.7. The van der Waals surface area contributed by atoms with Gasteiger partial charge in [0, 0.05) is 62.1 Å². The summed E-state index contributed by atoms with van der Waals surface area (Å²) in [6.45, 7) is -3.51. The van der Waals surface area contributed by atoms with E-state index in [2.05, 4.69) is 42.5 Å². The van der Waals surface area contributed by atoms with E-state index in [0.29, 0.717) is 12.1 Å². The van der Waals surface area contributed by atoms with Gasteiger partial charge in [-0.15, -0.1) is 0 Å². The van der Waals surface area contributed by atoms with Crippen molar-refractivity contribution >= 4 is 106 Å². The second kappa shape index (κ2) is 24.1. The monoisotopic (exact) mass is 1040 g/mol. The second-order valence-electron chi connectivity index (χ2n) is 11.6. The molecule has 0 atom stereocenters. The zero-order valence-corrected chi connectivity index (χ0v) is 37.1. The fourth-order valence-corrected chi connectivity index (χ4v) is 7.24. The van der Waals surface area contributed by atoms with Crippen LogP contribution >= 0.6 is 40.1 Å². The minimum Gasteiger partial charge on any atom is -0.362 e. The summed E-state index contributed by atoms with van der Waals surface area (Å²) in [5.41, 5.74) is -5.14. The molecule has 32 heteroatoms. The summed E-state index contributed by atoms with van der Waals surface area (Å²) < 4.78 is 77.8. The lowest BCUT2D eigenvalue weighted by Gasteiger charge is -2.25. The highest BCUT2D eigenvalue weighted by molar-refractivity contribution is 9.09. The highest BCUT2D eigenvalue weighted by Gasteiger charge is 2.33. The first-order valence-corrected chi connectivity index (χ1v) is 23.7.